The number of aromatic hydroxyl groups is 1. The molecule has 18 heavy (non-hydrogen) atoms. The summed E-state index contributed by atoms with van der Waals surface area (Å²) in [7, 11) is 0. The maximum Gasteiger partial charge on any atom is 0.325 e. The van der Waals surface area contributed by atoms with E-state index in [1.165, 1.54) is 12.1 Å². The molecule has 0 amide bonds. The lowest BCUT2D eigenvalue weighted by atomic mass is 10.0. The molecule has 1 aromatic carbocycles. The number of benzene rings is 1. The third-order valence-electron chi connectivity index (χ3n) is 2.54. The number of rotatable bonds is 7. The Morgan fingerprint density at radius 2 is 1.72 bits per heavy atom. The van der Waals surface area contributed by atoms with Gasteiger partial charge in [-0.05, 0) is 17.7 Å². The monoisotopic (exact) mass is 247 g/mol. The topological polar surface area (TPSA) is 60.8 Å². The van der Waals surface area contributed by atoms with E-state index in [2.05, 4.69) is 13.2 Å². The van der Waals surface area contributed by atoms with Gasteiger partial charge >= 0.3 is 5.97 Å². The summed E-state index contributed by atoms with van der Waals surface area (Å²) < 4.78 is 0. The van der Waals surface area contributed by atoms with Gasteiger partial charge in [-0.2, -0.15) is 0 Å². The Bertz CT molecular complexity index is 415. The molecule has 0 fully saturated rings. The molecule has 4 nitrogen and oxygen atoms in total. The standard InChI is InChI=1S/C14H17NO3/c1-3-9-15(10-4-2)13(14(17)18)11-5-7-12(16)8-6-11/h3-8,13,16H,1-2,9-10H2,(H,17,18). The second-order valence-electron chi connectivity index (χ2n) is 3.86. The van der Waals surface area contributed by atoms with Crippen LogP contribution in [0.3, 0.4) is 0 Å². The summed E-state index contributed by atoms with van der Waals surface area (Å²) in [5.41, 5.74) is 0.615. The Labute approximate surface area is 106 Å². The van der Waals surface area contributed by atoms with Gasteiger partial charge in [0.15, 0.2) is 0 Å². The molecule has 0 saturated heterocycles. The van der Waals surface area contributed by atoms with Crippen molar-refractivity contribution < 1.29 is 15.0 Å². The van der Waals surface area contributed by atoms with E-state index in [1.54, 1.807) is 29.2 Å². The first kappa shape index (κ1) is 14.0. The van der Waals surface area contributed by atoms with Crippen molar-refractivity contribution in [1.82, 2.24) is 4.90 Å². The lowest BCUT2D eigenvalue weighted by Gasteiger charge is -2.26. The van der Waals surface area contributed by atoms with Crippen LogP contribution in [0.1, 0.15) is 11.6 Å². The molecule has 0 aliphatic carbocycles. The van der Waals surface area contributed by atoms with Gasteiger partial charge in [0.05, 0.1) is 0 Å². The lowest BCUT2D eigenvalue weighted by molar-refractivity contribution is -0.143. The van der Waals surface area contributed by atoms with Crippen LogP contribution in [0.25, 0.3) is 0 Å². The molecule has 0 aromatic heterocycles. The van der Waals surface area contributed by atoms with E-state index in [9.17, 15) is 15.0 Å². The van der Waals surface area contributed by atoms with Gasteiger partial charge in [0.25, 0.3) is 0 Å². The summed E-state index contributed by atoms with van der Waals surface area (Å²) in [6.45, 7) is 8.14. The molecule has 0 radical (unpaired) electrons. The average molecular weight is 247 g/mol. The largest absolute Gasteiger partial charge is 0.508 e. The number of phenolic OH excluding ortho intramolecular Hbond substituents is 1. The van der Waals surface area contributed by atoms with Crippen molar-refractivity contribution in [3.8, 4) is 5.75 Å². The van der Waals surface area contributed by atoms with Crippen LogP contribution in [0.15, 0.2) is 49.6 Å². The van der Waals surface area contributed by atoms with Gasteiger partial charge in [-0.25, -0.2) is 0 Å². The SMILES string of the molecule is C=CCN(CC=C)C(C(=O)O)c1ccc(O)cc1. The fraction of sp³-hybridized carbons (Fsp3) is 0.214. The summed E-state index contributed by atoms with van der Waals surface area (Å²) >= 11 is 0. The number of aliphatic carboxylic acids is 1. The third-order valence-corrected chi connectivity index (χ3v) is 2.54. The number of nitrogens with zero attached hydrogens (tertiary/aromatic N) is 1. The molecule has 96 valence electrons. The Morgan fingerprint density at radius 3 is 2.11 bits per heavy atom. The molecular formula is C14H17NO3. The number of hydrogen-bond donors (Lipinski definition) is 2. The quantitative estimate of drug-likeness (QED) is 0.725. The van der Waals surface area contributed by atoms with E-state index in [4.69, 9.17) is 0 Å². The molecule has 2 N–H and O–H groups in total. The van der Waals surface area contributed by atoms with Crippen LogP contribution < -0.4 is 0 Å². The first-order chi connectivity index (χ1) is 8.60. The zero-order valence-corrected chi connectivity index (χ0v) is 10.1. The van der Waals surface area contributed by atoms with Crippen LogP contribution in [0.2, 0.25) is 0 Å². The minimum atomic E-state index is -0.940. The lowest BCUT2D eigenvalue weighted by Crippen LogP contribution is -2.34. The molecule has 0 saturated carbocycles. The number of carbonyl (C=O) groups is 1. The average Bonchev–Trinajstić information content (AvgIpc) is 2.32. The fourth-order valence-electron chi connectivity index (χ4n) is 1.78. The van der Waals surface area contributed by atoms with E-state index in [-0.39, 0.29) is 5.75 Å². The highest BCUT2D eigenvalue weighted by molar-refractivity contribution is 5.75. The summed E-state index contributed by atoms with van der Waals surface area (Å²) in [6, 6.07) is 5.39. The van der Waals surface area contributed by atoms with E-state index >= 15 is 0 Å². The van der Waals surface area contributed by atoms with Crippen LogP contribution >= 0.6 is 0 Å². The molecule has 1 unspecified atom stereocenters. The molecule has 4 heteroatoms. The maximum atomic E-state index is 11.4. The van der Waals surface area contributed by atoms with Crippen LogP contribution in [-0.4, -0.2) is 34.2 Å². The van der Waals surface area contributed by atoms with Crippen LogP contribution in [0.4, 0.5) is 0 Å². The highest BCUT2D eigenvalue weighted by Gasteiger charge is 2.25. The van der Waals surface area contributed by atoms with E-state index in [0.717, 1.165) is 0 Å². The van der Waals surface area contributed by atoms with Gasteiger partial charge in [-0.1, -0.05) is 24.3 Å². The molecule has 1 aromatic rings. The molecule has 0 aliphatic heterocycles. The van der Waals surface area contributed by atoms with Gasteiger partial charge in [-0.3, -0.25) is 9.69 Å². The van der Waals surface area contributed by atoms with Crippen molar-refractivity contribution in [2.45, 2.75) is 6.04 Å². The molecule has 0 heterocycles. The molecular weight excluding hydrogens is 230 g/mol. The van der Waals surface area contributed by atoms with Crippen molar-refractivity contribution in [1.29, 1.82) is 0 Å². The van der Waals surface area contributed by atoms with Gasteiger partial charge in [0.1, 0.15) is 11.8 Å². The Morgan fingerprint density at radius 1 is 1.22 bits per heavy atom. The summed E-state index contributed by atoms with van der Waals surface area (Å²) in [4.78, 5) is 13.1. The smallest absolute Gasteiger partial charge is 0.325 e. The van der Waals surface area contributed by atoms with Gasteiger partial charge in [-0.15, -0.1) is 13.2 Å². The predicted octanol–water partition coefficient (Wildman–Crippen LogP) is 2.19. The normalized spacial score (nSPS) is 12.1. The number of carboxylic acids is 1. The van der Waals surface area contributed by atoms with Crippen molar-refractivity contribution in [3.63, 3.8) is 0 Å². The third kappa shape index (κ3) is 3.46. The van der Waals surface area contributed by atoms with Crippen molar-refractivity contribution in [3.05, 3.63) is 55.1 Å². The van der Waals surface area contributed by atoms with Crippen LogP contribution in [-0.2, 0) is 4.79 Å². The Kier molecular flexibility index (Phi) is 5.14. The summed E-state index contributed by atoms with van der Waals surface area (Å²) in [5, 5.41) is 18.6. The fourth-order valence-corrected chi connectivity index (χ4v) is 1.78. The molecule has 0 spiro atoms. The minimum Gasteiger partial charge on any atom is -0.508 e. The molecule has 1 atom stereocenters. The first-order valence-corrected chi connectivity index (χ1v) is 5.57. The number of hydrogen-bond acceptors (Lipinski definition) is 3. The van der Waals surface area contributed by atoms with E-state index < -0.39 is 12.0 Å². The number of phenols is 1. The Hall–Kier alpha value is -2.07. The molecule has 0 bridgehead atoms. The number of carboxylic acid groups (broad SMARTS) is 1. The molecule has 0 aliphatic rings. The summed E-state index contributed by atoms with van der Waals surface area (Å²) in [5.74, 6) is -0.828. The van der Waals surface area contributed by atoms with Gasteiger partial charge in [0.2, 0.25) is 0 Å². The highest BCUT2D eigenvalue weighted by Crippen LogP contribution is 2.23. The van der Waals surface area contributed by atoms with Gasteiger partial charge < -0.3 is 10.2 Å². The summed E-state index contributed by atoms with van der Waals surface area (Å²) in [6.07, 6.45) is 3.31. The highest BCUT2D eigenvalue weighted by atomic mass is 16.4. The Balaban J connectivity index is 3.06. The van der Waals surface area contributed by atoms with Crippen molar-refractivity contribution in [2.75, 3.05) is 13.1 Å². The first-order valence-electron chi connectivity index (χ1n) is 5.57. The van der Waals surface area contributed by atoms with Crippen LogP contribution in [0.5, 0.6) is 5.75 Å². The zero-order valence-electron chi connectivity index (χ0n) is 10.1. The van der Waals surface area contributed by atoms with Crippen molar-refractivity contribution >= 4 is 5.97 Å². The predicted molar refractivity (Wildman–Crippen MR) is 70.5 cm³/mol. The second kappa shape index (κ2) is 6.61. The van der Waals surface area contributed by atoms with E-state index in [0.29, 0.717) is 18.7 Å². The van der Waals surface area contributed by atoms with Crippen molar-refractivity contribution in [2.24, 2.45) is 0 Å². The van der Waals surface area contributed by atoms with E-state index in [1.807, 2.05) is 0 Å². The van der Waals surface area contributed by atoms with Crippen LogP contribution in [0, 0.1) is 0 Å². The maximum absolute atomic E-state index is 11.4. The minimum absolute atomic E-state index is 0.113. The molecule has 1 rings (SSSR count). The van der Waals surface area contributed by atoms with Gasteiger partial charge in [0, 0.05) is 13.1 Å². The second-order valence-corrected chi connectivity index (χ2v) is 3.86. The zero-order chi connectivity index (χ0) is 13.5.